The van der Waals surface area contributed by atoms with E-state index < -0.39 is 15.3 Å². The predicted molar refractivity (Wildman–Crippen MR) is 94.3 cm³/mol. The van der Waals surface area contributed by atoms with Crippen molar-refractivity contribution in [3.63, 3.8) is 0 Å². The normalized spacial score (nSPS) is 14.4. The van der Waals surface area contributed by atoms with Crippen molar-refractivity contribution in [2.45, 2.75) is 0 Å². The van der Waals surface area contributed by atoms with Crippen molar-refractivity contribution in [2.75, 3.05) is 49.7 Å². The summed E-state index contributed by atoms with van der Waals surface area (Å²) in [6.45, 7) is 1.15. The van der Waals surface area contributed by atoms with Crippen LogP contribution in [0.3, 0.4) is 0 Å². The molecule has 0 aliphatic carbocycles. The first-order chi connectivity index (χ1) is 10.1. The third kappa shape index (κ3) is 16.2. The van der Waals surface area contributed by atoms with Gasteiger partial charge in [-0.3, -0.25) is 9.13 Å². The lowest BCUT2D eigenvalue weighted by atomic mass is 10.6. The van der Waals surface area contributed by atoms with Gasteiger partial charge in [0.15, 0.2) is 0 Å². The molecule has 0 saturated carbocycles. The molecule has 0 rings (SSSR count). The molecule has 0 fully saturated rings. The number of hydrogen-bond acceptors (Lipinski definition) is 2. The Bertz CT molecular complexity index is 338. The molecular weight excluding hydrogens is 420 g/mol. The highest BCUT2D eigenvalue weighted by atomic mass is 35.5. The molecule has 1 atom stereocenters. The molecule has 0 aliphatic heterocycles. The summed E-state index contributed by atoms with van der Waals surface area (Å²) in [5.74, 6) is 1.12. The lowest BCUT2D eigenvalue weighted by molar-refractivity contribution is 0.368. The van der Waals surface area contributed by atoms with E-state index in [1.807, 2.05) is 0 Å². The van der Waals surface area contributed by atoms with Crippen LogP contribution < -0.4 is 15.7 Å². The Morgan fingerprint density at radius 3 is 1.45 bits per heavy atom. The minimum Gasteiger partial charge on any atom is -0.322 e. The van der Waals surface area contributed by atoms with Crippen LogP contribution in [0, 0.1) is 0 Å². The molecule has 0 aromatic rings. The van der Waals surface area contributed by atoms with Crippen molar-refractivity contribution < 1.29 is 18.9 Å². The van der Waals surface area contributed by atoms with Crippen LogP contribution >= 0.6 is 61.7 Å². The quantitative estimate of drug-likeness (QED) is 0.241. The van der Waals surface area contributed by atoms with E-state index in [1.165, 1.54) is 4.67 Å². The number of rotatable bonds is 11. The van der Waals surface area contributed by atoms with Gasteiger partial charge in [-0.15, -0.1) is 46.4 Å². The van der Waals surface area contributed by atoms with Crippen LogP contribution in [-0.4, -0.2) is 64.2 Å². The summed E-state index contributed by atoms with van der Waals surface area (Å²) < 4.78 is 23.0. The zero-order valence-corrected chi connectivity index (χ0v) is 16.6. The Morgan fingerprint density at radius 2 is 1.23 bits per heavy atom. The minimum atomic E-state index is -3.64. The van der Waals surface area contributed by atoms with Crippen LogP contribution in [0.2, 0.25) is 0 Å². The molecule has 1 unspecified atom stereocenters. The van der Waals surface area contributed by atoms with E-state index in [4.69, 9.17) is 61.7 Å². The number of hydrogen-bond donors (Lipinski definition) is 5. The summed E-state index contributed by atoms with van der Waals surface area (Å²) in [4.78, 5) is 17.9. The van der Waals surface area contributed by atoms with Gasteiger partial charge in [-0.05, 0) is 0 Å². The lowest BCUT2D eigenvalue weighted by Gasteiger charge is -2.21. The van der Waals surface area contributed by atoms with Gasteiger partial charge in [-0.2, -0.15) is 0 Å². The molecule has 8 nitrogen and oxygen atoms in total. The smallest absolute Gasteiger partial charge is 0.322 e. The van der Waals surface area contributed by atoms with Gasteiger partial charge in [0.25, 0.3) is 0 Å². The second-order valence-corrected chi connectivity index (χ2v) is 8.73. The average molecular weight is 442 g/mol. The Morgan fingerprint density at radius 1 is 0.864 bits per heavy atom. The van der Waals surface area contributed by atoms with Gasteiger partial charge in [0.05, 0.1) is 0 Å². The van der Waals surface area contributed by atoms with Gasteiger partial charge in [0, 0.05) is 49.7 Å². The van der Waals surface area contributed by atoms with Crippen LogP contribution in [0.4, 0.5) is 0 Å². The number of halogens is 4. The molecule has 0 amide bonds. The van der Waals surface area contributed by atoms with Gasteiger partial charge in [-0.25, -0.2) is 20.3 Å². The SMILES string of the molecule is NP(=O)(O)N(CCCl)CCCl.O=P(O)(NCCCl)NCCCl. The molecule has 0 radical (unpaired) electrons. The standard InChI is InChI=1S/2C4H11Cl2N2O2P/c5-1-3-8(4-2-6)11(7,9)10;5-1-3-7-11(9,10)8-4-2-6/h1-4H2,(H3,7,9,10);1-4H2,(H3,7,8,9,10). The highest BCUT2D eigenvalue weighted by molar-refractivity contribution is 7.53. The first-order valence-corrected chi connectivity index (χ1v) is 11.6. The largest absolute Gasteiger partial charge is 0.338 e. The maximum absolute atomic E-state index is 10.9. The molecule has 0 bridgehead atoms. The van der Waals surface area contributed by atoms with E-state index in [2.05, 4.69) is 10.2 Å². The lowest BCUT2D eigenvalue weighted by Crippen LogP contribution is -2.28. The van der Waals surface area contributed by atoms with Crippen molar-refractivity contribution in [1.29, 1.82) is 0 Å². The van der Waals surface area contributed by atoms with E-state index in [0.29, 0.717) is 24.8 Å². The highest BCUT2D eigenvalue weighted by Gasteiger charge is 2.21. The number of nitrogens with zero attached hydrogens (tertiary/aromatic N) is 1. The second-order valence-electron chi connectivity index (χ2n) is 3.69. The summed E-state index contributed by atoms with van der Waals surface area (Å²) in [5, 5.41) is 4.71. The fourth-order valence-electron chi connectivity index (χ4n) is 1.04. The van der Waals surface area contributed by atoms with E-state index in [-0.39, 0.29) is 24.8 Å². The first kappa shape index (κ1) is 25.6. The van der Waals surface area contributed by atoms with Crippen molar-refractivity contribution in [2.24, 2.45) is 5.50 Å². The first-order valence-electron chi connectivity index (χ1n) is 6.08. The Balaban J connectivity index is 0. The minimum absolute atomic E-state index is 0.263. The summed E-state index contributed by atoms with van der Waals surface area (Å²) >= 11 is 21.3. The maximum Gasteiger partial charge on any atom is 0.338 e. The fraction of sp³-hybridized carbons (Fsp3) is 1.00. The monoisotopic (exact) mass is 440 g/mol. The Hall–Kier alpha value is 1.38. The summed E-state index contributed by atoms with van der Waals surface area (Å²) in [7, 11) is -7.04. The molecule has 0 spiro atoms. The summed E-state index contributed by atoms with van der Waals surface area (Å²) in [5.41, 5.74) is 4.97. The van der Waals surface area contributed by atoms with Crippen LogP contribution in [0.25, 0.3) is 0 Å². The number of alkyl halides is 4. The Labute approximate surface area is 150 Å². The van der Waals surface area contributed by atoms with E-state index >= 15 is 0 Å². The molecule has 22 heavy (non-hydrogen) atoms. The predicted octanol–water partition coefficient (Wildman–Crippen LogP) is 1.57. The average Bonchev–Trinajstić information content (AvgIpc) is 2.43. The maximum atomic E-state index is 10.9. The molecule has 0 aromatic heterocycles. The van der Waals surface area contributed by atoms with E-state index in [1.54, 1.807) is 0 Å². The van der Waals surface area contributed by atoms with Gasteiger partial charge >= 0.3 is 15.3 Å². The van der Waals surface area contributed by atoms with Crippen molar-refractivity contribution in [1.82, 2.24) is 14.8 Å². The molecule has 136 valence electrons. The van der Waals surface area contributed by atoms with Crippen molar-refractivity contribution in [3.05, 3.63) is 0 Å². The van der Waals surface area contributed by atoms with Crippen molar-refractivity contribution >= 4 is 61.7 Å². The van der Waals surface area contributed by atoms with Crippen LogP contribution in [-0.2, 0) is 9.13 Å². The van der Waals surface area contributed by atoms with Crippen molar-refractivity contribution in [3.8, 4) is 0 Å². The highest BCUT2D eigenvalue weighted by Crippen LogP contribution is 2.34. The zero-order valence-electron chi connectivity index (χ0n) is 11.8. The Kier molecular flexibility index (Phi) is 17.1. The van der Waals surface area contributed by atoms with E-state index in [9.17, 15) is 9.13 Å². The number of nitrogens with one attached hydrogen (secondary N) is 2. The van der Waals surface area contributed by atoms with Gasteiger partial charge in [0.1, 0.15) is 0 Å². The third-order valence-electron chi connectivity index (χ3n) is 1.93. The zero-order chi connectivity index (χ0) is 17.6. The van der Waals surface area contributed by atoms with Gasteiger partial charge < -0.3 is 9.79 Å². The molecule has 0 aromatic carbocycles. The number of nitrogens with two attached hydrogens (primary N) is 1. The summed E-state index contributed by atoms with van der Waals surface area (Å²) in [6.07, 6.45) is 0. The molecular formula is C8H22Cl4N4O4P2. The molecule has 0 saturated heterocycles. The molecule has 14 heteroatoms. The topological polar surface area (TPSA) is 128 Å². The van der Waals surface area contributed by atoms with Crippen LogP contribution in [0.15, 0.2) is 0 Å². The molecule has 6 N–H and O–H groups in total. The van der Waals surface area contributed by atoms with Gasteiger partial charge in [-0.1, -0.05) is 0 Å². The fourth-order valence-corrected chi connectivity index (χ4v) is 3.85. The summed E-state index contributed by atoms with van der Waals surface area (Å²) in [6, 6.07) is 0. The van der Waals surface area contributed by atoms with Crippen LogP contribution in [0.1, 0.15) is 0 Å². The second kappa shape index (κ2) is 14.7. The van der Waals surface area contributed by atoms with E-state index in [0.717, 1.165) is 0 Å². The van der Waals surface area contributed by atoms with Gasteiger partial charge in [0.2, 0.25) is 0 Å². The molecule has 0 aliphatic rings. The molecule has 0 heterocycles. The van der Waals surface area contributed by atoms with Crippen LogP contribution in [0.5, 0.6) is 0 Å². The third-order valence-corrected chi connectivity index (χ3v) is 5.16.